The van der Waals surface area contributed by atoms with Gasteiger partial charge < -0.3 is 0 Å². The van der Waals surface area contributed by atoms with Crippen LogP contribution >= 0.6 is 46.4 Å². The highest BCUT2D eigenvalue weighted by molar-refractivity contribution is 6.83. The average molecular weight is 153 g/mol. The molecule has 0 aliphatic heterocycles. The average Bonchev–Trinajstić information content (AvgIpc) is 0.722. The monoisotopic (exact) mass is 151 g/mol. The maximum absolute atomic E-state index is 4.83. The molecular weight excluding hydrogens is 153 g/mol. The van der Waals surface area contributed by atoms with Crippen molar-refractivity contribution in [2.24, 2.45) is 0 Å². The molecule has 0 aromatic rings. The van der Waals surface area contributed by atoms with Gasteiger partial charge in [0.15, 0.2) is 0 Å². The summed E-state index contributed by atoms with van der Waals surface area (Å²) in [4.78, 5) is 0. The van der Waals surface area contributed by atoms with Crippen LogP contribution in [0.3, 0.4) is 0 Å². The van der Waals surface area contributed by atoms with Crippen LogP contribution < -0.4 is 0 Å². The van der Waals surface area contributed by atoms with Crippen LogP contribution in [0.25, 0.3) is 0 Å². The molecule has 0 unspecified atom stereocenters. The normalized spacial score (nSPS) is 12.0. The molecule has 0 fully saturated rings. The summed E-state index contributed by atoms with van der Waals surface area (Å²) in [5, 5.41) is 0. The molecular formula is CCl4. The molecule has 0 amide bonds. The minimum Gasteiger partial charge on any atom is -0.0664 e. The standard InChI is InChI=1S/CCl4/c2-1(3,4)5/i1-1. The zero-order valence-electron chi connectivity index (χ0n) is 2.01. The van der Waals surface area contributed by atoms with Gasteiger partial charge in [0.05, 0.1) is 0 Å². The lowest BCUT2D eigenvalue weighted by atomic mass is 10.8. The summed E-state index contributed by atoms with van der Waals surface area (Å²) < 4.78 is -1.61. The van der Waals surface area contributed by atoms with Crippen LogP contribution in [0, 0.1) is 0 Å². The first-order valence-corrected chi connectivity index (χ1v) is 2.27. The highest BCUT2D eigenvalue weighted by atomic mass is 35.6. The maximum atomic E-state index is 4.83. The minimum atomic E-state index is -1.61. The number of rotatable bonds is 0. The first kappa shape index (κ1) is 6.16. The van der Waals surface area contributed by atoms with Crippen molar-refractivity contribution in [3.8, 4) is 0 Å². The van der Waals surface area contributed by atoms with Crippen molar-refractivity contribution in [2.45, 2.75) is 3.25 Å². The number of hydrogen-bond donors (Lipinski definition) is 0. The fourth-order valence-electron chi connectivity index (χ4n) is 0. The van der Waals surface area contributed by atoms with E-state index in [1.54, 1.807) is 0 Å². The van der Waals surface area contributed by atoms with Gasteiger partial charge in [0.25, 0.3) is 3.25 Å². The van der Waals surface area contributed by atoms with Crippen LogP contribution in [0.2, 0.25) is 0 Å². The third-order valence-corrected chi connectivity index (χ3v) is 0. The highest BCUT2D eigenvalue weighted by Crippen LogP contribution is 2.29. The van der Waals surface area contributed by atoms with Crippen molar-refractivity contribution in [1.82, 2.24) is 0 Å². The first-order valence-electron chi connectivity index (χ1n) is 0.756. The molecule has 0 bridgehead atoms. The summed E-state index contributed by atoms with van der Waals surface area (Å²) in [6.45, 7) is 0. The molecule has 0 saturated heterocycles. The molecule has 0 atom stereocenters. The van der Waals surface area contributed by atoms with Gasteiger partial charge in [-0.05, 0) is 0 Å². The van der Waals surface area contributed by atoms with Gasteiger partial charge in [-0.15, -0.1) is 0 Å². The summed E-state index contributed by atoms with van der Waals surface area (Å²) in [5.41, 5.74) is 0. The lowest BCUT2D eigenvalue weighted by Gasteiger charge is -1.91. The predicted octanol–water partition coefficient (Wildman–Crippen LogP) is 2.55. The van der Waals surface area contributed by atoms with Crippen LogP contribution in [0.4, 0.5) is 0 Å². The van der Waals surface area contributed by atoms with Crippen molar-refractivity contribution < 1.29 is 0 Å². The Bertz CT molecular complexity index is 19.1. The Hall–Kier alpha value is 1.16. The number of alkyl halides is 4. The van der Waals surface area contributed by atoms with Gasteiger partial charge in [0.2, 0.25) is 0 Å². The summed E-state index contributed by atoms with van der Waals surface area (Å²) in [5.74, 6) is 0. The van der Waals surface area contributed by atoms with Crippen LogP contribution in [-0.4, -0.2) is 3.25 Å². The van der Waals surface area contributed by atoms with Gasteiger partial charge in [-0.1, -0.05) is 46.4 Å². The van der Waals surface area contributed by atoms with E-state index in [0.29, 0.717) is 0 Å². The summed E-state index contributed by atoms with van der Waals surface area (Å²) in [6, 6.07) is 0. The lowest BCUT2D eigenvalue weighted by molar-refractivity contribution is 1.76. The third kappa shape index (κ3) is 38.3. The third-order valence-electron chi connectivity index (χ3n) is 0. The zero-order valence-corrected chi connectivity index (χ0v) is 5.04. The van der Waals surface area contributed by atoms with Crippen LogP contribution in [0.15, 0.2) is 0 Å². The van der Waals surface area contributed by atoms with Gasteiger partial charge in [0.1, 0.15) is 0 Å². The Labute approximate surface area is 50.0 Å². The topological polar surface area (TPSA) is 0 Å². The quantitative estimate of drug-likeness (QED) is 0.469. The molecule has 32 valence electrons. The molecule has 5 heavy (non-hydrogen) atoms. The van der Waals surface area contributed by atoms with Crippen LogP contribution in [0.5, 0.6) is 0 Å². The molecule has 0 saturated carbocycles. The van der Waals surface area contributed by atoms with Gasteiger partial charge in [-0.2, -0.15) is 0 Å². The summed E-state index contributed by atoms with van der Waals surface area (Å²) in [7, 11) is 0. The van der Waals surface area contributed by atoms with E-state index in [9.17, 15) is 0 Å². The van der Waals surface area contributed by atoms with E-state index in [0.717, 1.165) is 0 Å². The molecule has 0 rings (SSSR count). The van der Waals surface area contributed by atoms with Crippen molar-refractivity contribution in [1.29, 1.82) is 0 Å². The summed E-state index contributed by atoms with van der Waals surface area (Å²) in [6.07, 6.45) is 0. The molecule has 0 nitrogen and oxygen atoms in total. The fourth-order valence-corrected chi connectivity index (χ4v) is 0. The van der Waals surface area contributed by atoms with E-state index in [-0.39, 0.29) is 0 Å². The molecule has 0 aliphatic rings. The van der Waals surface area contributed by atoms with E-state index >= 15 is 0 Å². The second-order valence-corrected chi connectivity index (χ2v) is 3.86. The van der Waals surface area contributed by atoms with Crippen molar-refractivity contribution >= 4 is 46.4 Å². The lowest BCUT2D eigenvalue weighted by Crippen LogP contribution is -1.81. The SMILES string of the molecule is Cl[11C](Cl)(Cl)Cl. The minimum absolute atomic E-state index is 1.61. The maximum Gasteiger partial charge on any atom is 0.266 e. The molecule has 0 aromatic carbocycles. The van der Waals surface area contributed by atoms with Crippen molar-refractivity contribution in [2.75, 3.05) is 0 Å². The molecule has 0 N–H and O–H groups in total. The van der Waals surface area contributed by atoms with Crippen LogP contribution in [-0.2, 0) is 0 Å². The Morgan fingerprint density at radius 2 is 0.800 bits per heavy atom. The fraction of sp³-hybridized carbons (Fsp3) is 1.00. The second-order valence-electron chi connectivity index (χ2n) is 0.429. The van der Waals surface area contributed by atoms with E-state index in [1.165, 1.54) is 0 Å². The van der Waals surface area contributed by atoms with Gasteiger partial charge in [-0.3, -0.25) is 0 Å². The molecule has 0 aliphatic carbocycles. The molecule has 0 aromatic heterocycles. The van der Waals surface area contributed by atoms with Gasteiger partial charge in [0, 0.05) is 0 Å². The number of hydrogen-bond acceptors (Lipinski definition) is 0. The van der Waals surface area contributed by atoms with E-state index in [4.69, 9.17) is 46.4 Å². The first-order chi connectivity index (χ1) is 2.00. The molecule has 0 spiro atoms. The van der Waals surface area contributed by atoms with Gasteiger partial charge in [-0.25, -0.2) is 0 Å². The summed E-state index contributed by atoms with van der Waals surface area (Å²) >= 11 is 19.3. The Kier molecular flexibility index (Phi) is 2.15. The van der Waals surface area contributed by atoms with E-state index in [2.05, 4.69) is 0 Å². The highest BCUT2D eigenvalue weighted by Gasteiger charge is 2.11. The predicted molar refractivity (Wildman–Crippen MR) is 26.1 cm³/mol. The molecule has 0 radical (unpaired) electrons. The molecule has 4 heteroatoms. The largest absolute Gasteiger partial charge is 0.266 e. The Morgan fingerprint density at radius 1 is 0.800 bits per heavy atom. The Morgan fingerprint density at radius 3 is 0.800 bits per heavy atom. The van der Waals surface area contributed by atoms with Gasteiger partial charge >= 0.3 is 0 Å². The smallest absolute Gasteiger partial charge is 0.0664 e. The molecule has 0 heterocycles. The van der Waals surface area contributed by atoms with Crippen molar-refractivity contribution in [3.63, 3.8) is 0 Å². The second kappa shape index (κ2) is 1.74. The van der Waals surface area contributed by atoms with E-state index < -0.39 is 3.25 Å². The van der Waals surface area contributed by atoms with Crippen LogP contribution in [0.1, 0.15) is 0 Å². The van der Waals surface area contributed by atoms with Crippen molar-refractivity contribution in [3.05, 3.63) is 0 Å². The zero-order chi connectivity index (χ0) is 4.50. The Balaban J connectivity index is 3.02. The van der Waals surface area contributed by atoms with E-state index in [1.807, 2.05) is 0 Å². The number of halogens is 4.